The van der Waals surface area contributed by atoms with E-state index in [2.05, 4.69) is 0 Å². The molecule has 0 fully saturated rings. The van der Waals surface area contributed by atoms with E-state index in [1.54, 1.807) is 35.9 Å². The van der Waals surface area contributed by atoms with E-state index < -0.39 is 9.84 Å². The standard InChI is InChI=1S/C13H14ClNO3S/c1-2-19(17,18)6-5-15-8-10(9-16)12-4-3-11(14)7-13(12)15/h3-4,7-9H,2,5-6H2,1H3. The van der Waals surface area contributed by atoms with Crippen LogP contribution in [0.4, 0.5) is 0 Å². The van der Waals surface area contributed by atoms with E-state index >= 15 is 0 Å². The predicted molar refractivity (Wildman–Crippen MR) is 76.7 cm³/mol. The second-order valence-electron chi connectivity index (χ2n) is 4.29. The Kier molecular flexibility index (Phi) is 3.96. The quantitative estimate of drug-likeness (QED) is 0.797. The van der Waals surface area contributed by atoms with E-state index in [0.29, 0.717) is 17.1 Å². The van der Waals surface area contributed by atoms with Gasteiger partial charge in [0, 0.05) is 34.5 Å². The van der Waals surface area contributed by atoms with Crippen LogP contribution in [0.25, 0.3) is 10.9 Å². The number of carbonyl (C=O) groups excluding carboxylic acids is 1. The second kappa shape index (κ2) is 5.35. The van der Waals surface area contributed by atoms with Gasteiger partial charge in [-0.1, -0.05) is 24.6 Å². The summed E-state index contributed by atoms with van der Waals surface area (Å²) >= 11 is 5.94. The molecule has 0 aliphatic heterocycles. The zero-order valence-electron chi connectivity index (χ0n) is 10.5. The van der Waals surface area contributed by atoms with Crippen molar-refractivity contribution in [1.29, 1.82) is 0 Å². The molecule has 2 rings (SSSR count). The molecule has 1 heterocycles. The Morgan fingerprint density at radius 2 is 2.11 bits per heavy atom. The number of benzene rings is 1. The molecule has 0 aliphatic rings. The first-order valence-corrected chi connectivity index (χ1v) is 8.11. The van der Waals surface area contributed by atoms with Crippen molar-refractivity contribution in [3.8, 4) is 0 Å². The summed E-state index contributed by atoms with van der Waals surface area (Å²) in [6, 6.07) is 5.22. The molecule has 0 unspecified atom stereocenters. The van der Waals surface area contributed by atoms with Gasteiger partial charge in [0.05, 0.1) is 11.3 Å². The fourth-order valence-electron chi connectivity index (χ4n) is 1.95. The van der Waals surface area contributed by atoms with Gasteiger partial charge >= 0.3 is 0 Å². The molecule has 0 amide bonds. The van der Waals surface area contributed by atoms with Crippen molar-refractivity contribution in [3.63, 3.8) is 0 Å². The molecular formula is C13H14ClNO3S. The van der Waals surface area contributed by atoms with E-state index in [1.807, 2.05) is 0 Å². The molecule has 1 aromatic carbocycles. The van der Waals surface area contributed by atoms with E-state index in [1.165, 1.54) is 0 Å². The van der Waals surface area contributed by atoms with Crippen LogP contribution in [0.2, 0.25) is 5.02 Å². The van der Waals surface area contributed by atoms with Gasteiger partial charge in [0.2, 0.25) is 0 Å². The summed E-state index contributed by atoms with van der Waals surface area (Å²) in [6.45, 7) is 1.94. The van der Waals surface area contributed by atoms with Crippen molar-refractivity contribution in [2.45, 2.75) is 13.5 Å². The molecule has 4 nitrogen and oxygen atoms in total. The zero-order valence-corrected chi connectivity index (χ0v) is 12.0. The number of sulfone groups is 1. The van der Waals surface area contributed by atoms with Gasteiger partial charge < -0.3 is 4.57 Å². The third kappa shape index (κ3) is 2.98. The SMILES string of the molecule is CCS(=O)(=O)CCn1cc(C=O)c2ccc(Cl)cc21. The van der Waals surface area contributed by atoms with E-state index in [-0.39, 0.29) is 11.5 Å². The number of aromatic nitrogens is 1. The predicted octanol–water partition coefficient (Wildman–Crippen LogP) is 2.54. The molecule has 0 atom stereocenters. The highest BCUT2D eigenvalue weighted by Gasteiger charge is 2.12. The Bertz CT molecular complexity index is 719. The van der Waals surface area contributed by atoms with Gasteiger partial charge in [-0.15, -0.1) is 0 Å². The van der Waals surface area contributed by atoms with Crippen LogP contribution < -0.4 is 0 Å². The maximum atomic E-state index is 11.5. The molecule has 6 heteroatoms. The Morgan fingerprint density at radius 1 is 1.37 bits per heavy atom. The van der Waals surface area contributed by atoms with Gasteiger partial charge in [0.15, 0.2) is 16.1 Å². The number of hydrogen-bond acceptors (Lipinski definition) is 3. The fourth-order valence-corrected chi connectivity index (χ4v) is 2.88. The first-order chi connectivity index (χ1) is 8.96. The molecule has 19 heavy (non-hydrogen) atoms. The number of fused-ring (bicyclic) bond motifs is 1. The highest BCUT2D eigenvalue weighted by Crippen LogP contribution is 2.24. The lowest BCUT2D eigenvalue weighted by Gasteiger charge is -2.05. The minimum Gasteiger partial charge on any atom is -0.346 e. The normalized spacial score (nSPS) is 11.9. The van der Waals surface area contributed by atoms with Crippen molar-refractivity contribution in [3.05, 3.63) is 35.0 Å². The van der Waals surface area contributed by atoms with Crippen molar-refractivity contribution in [2.75, 3.05) is 11.5 Å². The lowest BCUT2D eigenvalue weighted by molar-refractivity contribution is 0.112. The van der Waals surface area contributed by atoms with Crippen LogP contribution in [-0.4, -0.2) is 30.8 Å². The molecule has 1 aromatic heterocycles. The monoisotopic (exact) mass is 299 g/mol. The minimum absolute atomic E-state index is 0.0537. The molecule has 0 aliphatic carbocycles. The molecule has 0 bridgehead atoms. The fraction of sp³-hybridized carbons (Fsp3) is 0.308. The van der Waals surface area contributed by atoms with Gasteiger partial charge in [-0.25, -0.2) is 8.42 Å². The molecule has 0 radical (unpaired) electrons. The van der Waals surface area contributed by atoms with Crippen molar-refractivity contribution in [1.82, 2.24) is 4.57 Å². The van der Waals surface area contributed by atoms with Crippen LogP contribution in [-0.2, 0) is 16.4 Å². The highest BCUT2D eigenvalue weighted by atomic mass is 35.5. The summed E-state index contributed by atoms with van der Waals surface area (Å²) in [7, 11) is -3.04. The van der Waals surface area contributed by atoms with Gasteiger partial charge in [0.25, 0.3) is 0 Å². The van der Waals surface area contributed by atoms with E-state index in [9.17, 15) is 13.2 Å². The minimum atomic E-state index is -3.04. The second-order valence-corrected chi connectivity index (χ2v) is 7.20. The first-order valence-electron chi connectivity index (χ1n) is 5.91. The Labute approximate surface area is 116 Å². The Balaban J connectivity index is 2.43. The largest absolute Gasteiger partial charge is 0.346 e. The third-order valence-corrected chi connectivity index (χ3v) is 5.00. The molecule has 0 N–H and O–H groups in total. The lowest BCUT2D eigenvalue weighted by Crippen LogP contribution is -2.14. The maximum Gasteiger partial charge on any atom is 0.152 e. The van der Waals surface area contributed by atoms with Crippen molar-refractivity contribution in [2.24, 2.45) is 0 Å². The average Bonchev–Trinajstić information content (AvgIpc) is 2.74. The third-order valence-electron chi connectivity index (χ3n) is 3.09. The van der Waals surface area contributed by atoms with Crippen LogP contribution in [0.15, 0.2) is 24.4 Å². The van der Waals surface area contributed by atoms with Gasteiger partial charge in [-0.3, -0.25) is 4.79 Å². The maximum absolute atomic E-state index is 11.5. The zero-order chi connectivity index (χ0) is 14.0. The molecule has 102 valence electrons. The molecule has 0 saturated carbocycles. The number of halogens is 1. The highest BCUT2D eigenvalue weighted by molar-refractivity contribution is 7.91. The summed E-state index contributed by atoms with van der Waals surface area (Å²) < 4.78 is 24.8. The van der Waals surface area contributed by atoms with Crippen molar-refractivity contribution >= 4 is 38.6 Å². The van der Waals surface area contributed by atoms with Crippen LogP contribution >= 0.6 is 11.6 Å². The average molecular weight is 300 g/mol. The number of nitrogens with zero attached hydrogens (tertiary/aromatic N) is 1. The number of rotatable bonds is 5. The van der Waals surface area contributed by atoms with Crippen LogP contribution in [0.3, 0.4) is 0 Å². The molecule has 0 spiro atoms. The lowest BCUT2D eigenvalue weighted by atomic mass is 10.2. The Hall–Kier alpha value is -1.33. The number of carbonyl (C=O) groups is 1. The summed E-state index contributed by atoms with van der Waals surface area (Å²) in [6.07, 6.45) is 2.43. The summed E-state index contributed by atoms with van der Waals surface area (Å²) in [5.41, 5.74) is 1.32. The number of aldehydes is 1. The Morgan fingerprint density at radius 3 is 2.74 bits per heavy atom. The summed E-state index contributed by atoms with van der Waals surface area (Å²) in [4.78, 5) is 11.0. The molecule has 2 aromatic rings. The molecular weight excluding hydrogens is 286 g/mol. The smallest absolute Gasteiger partial charge is 0.152 e. The van der Waals surface area contributed by atoms with Crippen LogP contribution in [0.5, 0.6) is 0 Å². The van der Waals surface area contributed by atoms with Crippen molar-refractivity contribution < 1.29 is 13.2 Å². The van der Waals surface area contributed by atoms with Crippen LogP contribution in [0.1, 0.15) is 17.3 Å². The molecule has 0 saturated heterocycles. The number of hydrogen-bond donors (Lipinski definition) is 0. The van der Waals surface area contributed by atoms with Gasteiger partial charge in [-0.2, -0.15) is 0 Å². The van der Waals surface area contributed by atoms with E-state index in [4.69, 9.17) is 11.6 Å². The summed E-state index contributed by atoms with van der Waals surface area (Å²) in [5, 5.41) is 1.34. The van der Waals surface area contributed by atoms with E-state index in [0.717, 1.165) is 17.2 Å². The van der Waals surface area contributed by atoms with Gasteiger partial charge in [-0.05, 0) is 12.1 Å². The number of aryl methyl sites for hydroxylation is 1. The first kappa shape index (κ1) is 14.1. The van der Waals surface area contributed by atoms with Crippen LogP contribution in [0, 0.1) is 0 Å². The summed E-state index contributed by atoms with van der Waals surface area (Å²) in [5.74, 6) is 0.172. The topological polar surface area (TPSA) is 56.1 Å². The van der Waals surface area contributed by atoms with Gasteiger partial charge in [0.1, 0.15) is 0 Å².